The van der Waals surface area contributed by atoms with Crippen molar-refractivity contribution in [2.45, 2.75) is 26.2 Å². The highest BCUT2D eigenvalue weighted by Crippen LogP contribution is 2.23. The van der Waals surface area contributed by atoms with Gasteiger partial charge in [0.25, 0.3) is 5.91 Å². The van der Waals surface area contributed by atoms with E-state index in [2.05, 4.69) is 27.4 Å². The molecule has 0 bridgehead atoms. The lowest BCUT2D eigenvalue weighted by molar-refractivity contribution is -0.114. The highest BCUT2D eigenvalue weighted by molar-refractivity contribution is 6.00. The van der Waals surface area contributed by atoms with Gasteiger partial charge in [-0.05, 0) is 23.1 Å². The summed E-state index contributed by atoms with van der Waals surface area (Å²) in [5.74, 6) is -0.360. The number of benzene rings is 1. The average molecular weight is 231 g/mol. The van der Waals surface area contributed by atoms with Crippen LogP contribution in [0.3, 0.4) is 0 Å². The maximum absolute atomic E-state index is 11.9. The average Bonchev–Trinajstić information content (AvgIpc) is 2.29. The molecule has 0 aliphatic rings. The summed E-state index contributed by atoms with van der Waals surface area (Å²) in [7, 11) is 0. The summed E-state index contributed by atoms with van der Waals surface area (Å²) in [5, 5.41) is 0. The number of imide groups is 1. The molecule has 0 heterocycles. The second-order valence-electron chi connectivity index (χ2n) is 4.83. The molecule has 1 aromatic rings. The maximum Gasteiger partial charge on any atom is 0.264 e. The van der Waals surface area contributed by atoms with Gasteiger partial charge in [0.1, 0.15) is 0 Å². The van der Waals surface area contributed by atoms with Crippen LogP contribution in [0.25, 0.3) is 0 Å². The van der Waals surface area contributed by atoms with Crippen LogP contribution < -0.4 is 0 Å². The molecule has 3 heteroatoms. The van der Waals surface area contributed by atoms with E-state index in [1.54, 1.807) is 6.07 Å². The van der Waals surface area contributed by atoms with E-state index >= 15 is 0 Å². The van der Waals surface area contributed by atoms with Crippen LogP contribution in [-0.4, -0.2) is 17.2 Å². The fraction of sp³-hybridized carbons (Fsp3) is 0.286. The zero-order valence-corrected chi connectivity index (χ0v) is 10.4. The Morgan fingerprint density at radius 3 is 2.47 bits per heavy atom. The van der Waals surface area contributed by atoms with Crippen molar-refractivity contribution in [1.82, 2.24) is 4.90 Å². The smallest absolute Gasteiger partial charge is 0.264 e. The van der Waals surface area contributed by atoms with E-state index in [9.17, 15) is 9.59 Å². The van der Waals surface area contributed by atoms with Gasteiger partial charge in [-0.1, -0.05) is 39.5 Å². The second-order valence-corrected chi connectivity index (χ2v) is 4.83. The molecule has 1 aromatic carbocycles. The fourth-order valence-corrected chi connectivity index (χ4v) is 1.44. The summed E-state index contributed by atoms with van der Waals surface area (Å²) < 4.78 is 0. The lowest BCUT2D eigenvalue weighted by atomic mass is 9.86. The van der Waals surface area contributed by atoms with Crippen molar-refractivity contribution in [1.29, 1.82) is 0 Å². The van der Waals surface area contributed by atoms with Crippen molar-refractivity contribution in [3.05, 3.63) is 48.2 Å². The van der Waals surface area contributed by atoms with Crippen LogP contribution in [0.2, 0.25) is 0 Å². The SMILES string of the molecule is C=CN(C=O)C(=O)c1cccc(C(C)(C)C)c1. The molecule has 17 heavy (non-hydrogen) atoms. The lowest BCUT2D eigenvalue weighted by Crippen LogP contribution is -2.24. The number of nitrogens with zero attached hydrogens (tertiary/aromatic N) is 1. The molecule has 1 rings (SSSR count). The summed E-state index contributed by atoms with van der Waals surface area (Å²) in [6.45, 7) is 9.64. The minimum absolute atomic E-state index is 0.0313. The molecule has 0 aromatic heterocycles. The van der Waals surface area contributed by atoms with Crippen molar-refractivity contribution in [2.75, 3.05) is 0 Å². The first-order valence-corrected chi connectivity index (χ1v) is 5.41. The quantitative estimate of drug-likeness (QED) is 0.750. The third-order valence-corrected chi connectivity index (χ3v) is 2.52. The van der Waals surface area contributed by atoms with Crippen LogP contribution in [0.5, 0.6) is 0 Å². The van der Waals surface area contributed by atoms with Crippen molar-refractivity contribution >= 4 is 12.3 Å². The molecule has 0 spiro atoms. The standard InChI is InChI=1S/C14H17NO2/c1-5-15(10-16)13(17)11-7-6-8-12(9-11)14(2,3)4/h5-10H,1H2,2-4H3. The first kappa shape index (κ1) is 13.2. The highest BCUT2D eigenvalue weighted by atomic mass is 16.2. The second kappa shape index (κ2) is 4.95. The number of hydrogen-bond acceptors (Lipinski definition) is 2. The van der Waals surface area contributed by atoms with Gasteiger partial charge in [0.05, 0.1) is 0 Å². The maximum atomic E-state index is 11.9. The topological polar surface area (TPSA) is 37.4 Å². The van der Waals surface area contributed by atoms with Gasteiger partial charge in [-0.25, -0.2) is 0 Å². The zero-order chi connectivity index (χ0) is 13.1. The fourth-order valence-electron chi connectivity index (χ4n) is 1.44. The van der Waals surface area contributed by atoms with Crippen LogP contribution in [0, 0.1) is 0 Å². The van der Waals surface area contributed by atoms with Gasteiger partial charge in [-0.3, -0.25) is 14.5 Å². The van der Waals surface area contributed by atoms with Crippen LogP contribution in [-0.2, 0) is 10.2 Å². The minimum atomic E-state index is -0.360. The monoisotopic (exact) mass is 231 g/mol. The molecule has 0 radical (unpaired) electrons. The molecule has 0 atom stereocenters. The lowest BCUT2D eigenvalue weighted by Gasteiger charge is -2.20. The largest absolute Gasteiger partial charge is 0.278 e. The van der Waals surface area contributed by atoms with Crippen LogP contribution >= 0.6 is 0 Å². The van der Waals surface area contributed by atoms with Gasteiger partial charge >= 0.3 is 0 Å². The van der Waals surface area contributed by atoms with Crippen LogP contribution in [0.15, 0.2) is 37.0 Å². The first-order valence-electron chi connectivity index (χ1n) is 5.41. The molecule has 0 N–H and O–H groups in total. The van der Waals surface area contributed by atoms with E-state index in [4.69, 9.17) is 0 Å². The predicted molar refractivity (Wildman–Crippen MR) is 67.6 cm³/mol. The summed E-state index contributed by atoms with van der Waals surface area (Å²) in [6, 6.07) is 7.29. The molecule has 3 nitrogen and oxygen atoms in total. The molecular formula is C14H17NO2. The third-order valence-electron chi connectivity index (χ3n) is 2.52. The van der Waals surface area contributed by atoms with Gasteiger partial charge < -0.3 is 0 Å². The van der Waals surface area contributed by atoms with E-state index in [1.165, 1.54) is 6.20 Å². The molecule has 0 unspecified atom stereocenters. The molecular weight excluding hydrogens is 214 g/mol. The Morgan fingerprint density at radius 1 is 1.35 bits per heavy atom. The highest BCUT2D eigenvalue weighted by Gasteiger charge is 2.17. The summed E-state index contributed by atoms with van der Waals surface area (Å²) in [5.41, 5.74) is 1.51. The number of carbonyl (C=O) groups is 2. The Balaban J connectivity index is 3.12. The van der Waals surface area contributed by atoms with Crippen molar-refractivity contribution < 1.29 is 9.59 Å². The Kier molecular flexibility index (Phi) is 3.84. The summed E-state index contributed by atoms with van der Waals surface area (Å²) in [4.78, 5) is 23.5. The number of rotatable bonds is 3. The molecule has 90 valence electrons. The van der Waals surface area contributed by atoms with E-state index in [1.807, 2.05) is 18.2 Å². The molecule has 0 saturated heterocycles. The Morgan fingerprint density at radius 2 is 2.00 bits per heavy atom. The Bertz CT molecular complexity index is 436. The summed E-state index contributed by atoms with van der Waals surface area (Å²) >= 11 is 0. The van der Waals surface area contributed by atoms with Gasteiger partial charge in [-0.15, -0.1) is 0 Å². The molecule has 0 saturated carbocycles. The number of hydrogen-bond donors (Lipinski definition) is 0. The molecule has 0 aliphatic carbocycles. The van der Waals surface area contributed by atoms with Crippen LogP contribution in [0.4, 0.5) is 0 Å². The number of carbonyl (C=O) groups excluding carboxylic acids is 2. The Labute approximate surface area is 102 Å². The van der Waals surface area contributed by atoms with E-state index < -0.39 is 0 Å². The van der Waals surface area contributed by atoms with Crippen LogP contribution in [0.1, 0.15) is 36.7 Å². The van der Waals surface area contributed by atoms with E-state index in [0.717, 1.165) is 10.5 Å². The van der Waals surface area contributed by atoms with Gasteiger partial charge in [0.2, 0.25) is 6.41 Å². The van der Waals surface area contributed by atoms with E-state index in [-0.39, 0.29) is 11.3 Å². The first-order chi connectivity index (χ1) is 7.90. The van der Waals surface area contributed by atoms with Gasteiger partial charge in [0.15, 0.2) is 0 Å². The summed E-state index contributed by atoms with van der Waals surface area (Å²) in [6.07, 6.45) is 1.66. The Hall–Kier alpha value is -1.90. The zero-order valence-electron chi connectivity index (χ0n) is 10.4. The molecule has 0 aliphatic heterocycles. The normalized spacial score (nSPS) is 10.8. The molecule has 0 fully saturated rings. The van der Waals surface area contributed by atoms with E-state index in [0.29, 0.717) is 12.0 Å². The molecule has 2 amide bonds. The third kappa shape index (κ3) is 3.03. The minimum Gasteiger partial charge on any atom is -0.278 e. The van der Waals surface area contributed by atoms with Gasteiger partial charge in [-0.2, -0.15) is 0 Å². The predicted octanol–water partition coefficient (Wildman–Crippen LogP) is 2.73. The van der Waals surface area contributed by atoms with Crippen molar-refractivity contribution in [3.8, 4) is 0 Å². The van der Waals surface area contributed by atoms with Crippen molar-refractivity contribution in [3.63, 3.8) is 0 Å². The van der Waals surface area contributed by atoms with Gasteiger partial charge in [0, 0.05) is 11.8 Å². The van der Waals surface area contributed by atoms with Crippen molar-refractivity contribution in [2.24, 2.45) is 0 Å². The number of amides is 2.